The van der Waals surface area contributed by atoms with Crippen molar-refractivity contribution in [1.82, 2.24) is 10.4 Å². The third kappa shape index (κ3) is 4.33. The molecule has 0 spiro atoms. The van der Waals surface area contributed by atoms with Gasteiger partial charge in [0.25, 0.3) is 5.91 Å². The summed E-state index contributed by atoms with van der Waals surface area (Å²) in [5, 5.41) is 2.05. The number of allylic oxidation sites excluding steroid dienone is 1. The summed E-state index contributed by atoms with van der Waals surface area (Å²) >= 11 is 5.98. The van der Waals surface area contributed by atoms with Crippen LogP contribution in [0.25, 0.3) is 5.57 Å². The molecule has 1 heterocycles. The molecule has 0 aliphatic carbocycles. The van der Waals surface area contributed by atoms with E-state index in [0.29, 0.717) is 24.4 Å². The summed E-state index contributed by atoms with van der Waals surface area (Å²) in [6.07, 6.45) is 4.56. The average Bonchev–Trinajstić information content (AvgIpc) is 2.47. The van der Waals surface area contributed by atoms with Gasteiger partial charge >= 0.3 is 0 Å². The molecule has 0 atom stereocenters. The Morgan fingerprint density at radius 2 is 2.24 bits per heavy atom. The molecule has 2 rings (SSSR count). The molecule has 0 radical (unpaired) electrons. The monoisotopic (exact) mass is 306 g/mol. The number of piperidine rings is 1. The molecule has 4 nitrogen and oxygen atoms in total. The second-order valence-electron chi connectivity index (χ2n) is 5.01. The van der Waals surface area contributed by atoms with Gasteiger partial charge in [-0.15, -0.1) is 0 Å². The van der Waals surface area contributed by atoms with Gasteiger partial charge in [-0.2, -0.15) is 0 Å². The van der Waals surface area contributed by atoms with E-state index in [1.54, 1.807) is 6.07 Å². The zero-order valence-electron chi connectivity index (χ0n) is 12.1. The van der Waals surface area contributed by atoms with E-state index in [2.05, 4.69) is 5.43 Å². The van der Waals surface area contributed by atoms with Gasteiger partial charge in [0, 0.05) is 24.1 Å². The number of nitrogens with zero attached hydrogens (tertiary/aromatic N) is 1. The summed E-state index contributed by atoms with van der Waals surface area (Å²) in [7, 11) is 0. The third-order valence-corrected chi connectivity index (χ3v) is 3.69. The van der Waals surface area contributed by atoms with Gasteiger partial charge in [0.05, 0.1) is 0 Å². The van der Waals surface area contributed by atoms with Crippen molar-refractivity contribution >= 4 is 29.0 Å². The Labute approximate surface area is 129 Å². The van der Waals surface area contributed by atoms with E-state index in [4.69, 9.17) is 11.6 Å². The number of halogens is 1. The Balaban J connectivity index is 2.08. The predicted molar refractivity (Wildman–Crippen MR) is 83.4 cm³/mol. The first kappa shape index (κ1) is 15.6. The average molecular weight is 307 g/mol. The quantitative estimate of drug-likeness (QED) is 0.869. The smallest absolute Gasteiger partial charge is 0.262 e. The Morgan fingerprint density at radius 1 is 1.43 bits per heavy atom. The fraction of sp³-hybridized carbons (Fsp3) is 0.375. The lowest BCUT2D eigenvalue weighted by molar-refractivity contribution is -0.141. The van der Waals surface area contributed by atoms with E-state index in [0.717, 1.165) is 24.0 Å². The van der Waals surface area contributed by atoms with Gasteiger partial charge in [-0.25, -0.2) is 0 Å². The van der Waals surface area contributed by atoms with Gasteiger partial charge in [0.1, 0.15) is 0 Å². The van der Waals surface area contributed by atoms with Crippen LogP contribution in [0, 0.1) is 0 Å². The second kappa shape index (κ2) is 7.27. The summed E-state index contributed by atoms with van der Waals surface area (Å²) in [6, 6.07) is 7.40. The van der Waals surface area contributed by atoms with Gasteiger partial charge in [0.15, 0.2) is 0 Å². The molecule has 2 amide bonds. The Morgan fingerprint density at radius 3 is 2.90 bits per heavy atom. The standard InChI is InChI=1S/C16H19ClN2O2/c1-2-12(13-6-5-7-14(17)10-13)11-15(20)18-19-9-4-3-8-16(19)21/h5-7,10-11H,2-4,8-9H2,1H3,(H,18,20). The van der Waals surface area contributed by atoms with Crippen LogP contribution in [0.15, 0.2) is 30.3 Å². The highest BCUT2D eigenvalue weighted by atomic mass is 35.5. The molecule has 1 N–H and O–H groups in total. The van der Waals surface area contributed by atoms with Crippen molar-refractivity contribution in [3.05, 3.63) is 40.9 Å². The number of carbonyl (C=O) groups is 2. The number of rotatable bonds is 4. The molecule has 1 fully saturated rings. The number of hydrogen-bond acceptors (Lipinski definition) is 2. The molecule has 1 aromatic carbocycles. The molecule has 1 saturated heterocycles. The highest BCUT2D eigenvalue weighted by molar-refractivity contribution is 6.30. The maximum Gasteiger partial charge on any atom is 0.262 e. The number of hydrazine groups is 1. The molecule has 0 aromatic heterocycles. The van der Waals surface area contributed by atoms with E-state index in [1.165, 1.54) is 11.1 Å². The zero-order chi connectivity index (χ0) is 15.2. The molecule has 1 aliphatic rings. The van der Waals surface area contributed by atoms with Crippen molar-refractivity contribution < 1.29 is 9.59 Å². The van der Waals surface area contributed by atoms with Crippen LogP contribution in [-0.2, 0) is 9.59 Å². The van der Waals surface area contributed by atoms with Gasteiger partial charge < -0.3 is 0 Å². The van der Waals surface area contributed by atoms with E-state index >= 15 is 0 Å². The van der Waals surface area contributed by atoms with Crippen LogP contribution < -0.4 is 5.43 Å². The lowest BCUT2D eigenvalue weighted by Crippen LogP contribution is -2.47. The minimum atomic E-state index is -0.276. The van der Waals surface area contributed by atoms with Crippen molar-refractivity contribution in [1.29, 1.82) is 0 Å². The van der Waals surface area contributed by atoms with Crippen molar-refractivity contribution in [2.45, 2.75) is 32.6 Å². The summed E-state index contributed by atoms with van der Waals surface area (Å²) < 4.78 is 0. The molecule has 112 valence electrons. The number of amides is 2. The molecule has 0 saturated carbocycles. The zero-order valence-corrected chi connectivity index (χ0v) is 12.8. The van der Waals surface area contributed by atoms with E-state index in [-0.39, 0.29) is 11.8 Å². The van der Waals surface area contributed by atoms with E-state index in [9.17, 15) is 9.59 Å². The molecule has 21 heavy (non-hydrogen) atoms. The van der Waals surface area contributed by atoms with E-state index in [1.807, 2.05) is 25.1 Å². The fourth-order valence-electron chi connectivity index (χ4n) is 2.33. The molecular formula is C16H19ClN2O2. The van der Waals surface area contributed by atoms with Crippen LogP contribution in [0.3, 0.4) is 0 Å². The minimum absolute atomic E-state index is 0.0243. The first-order valence-electron chi connectivity index (χ1n) is 7.17. The summed E-state index contributed by atoms with van der Waals surface area (Å²) in [5.74, 6) is -0.300. The number of hydrogen-bond donors (Lipinski definition) is 1. The van der Waals surface area contributed by atoms with Crippen LogP contribution in [0.2, 0.25) is 5.02 Å². The highest BCUT2D eigenvalue weighted by Crippen LogP contribution is 2.21. The van der Waals surface area contributed by atoms with Crippen molar-refractivity contribution in [3.63, 3.8) is 0 Å². The number of nitrogens with one attached hydrogen (secondary N) is 1. The van der Waals surface area contributed by atoms with Crippen molar-refractivity contribution in [2.24, 2.45) is 0 Å². The summed E-state index contributed by atoms with van der Waals surface area (Å²) in [4.78, 5) is 23.7. The molecule has 5 heteroatoms. The topological polar surface area (TPSA) is 49.4 Å². The second-order valence-corrected chi connectivity index (χ2v) is 5.45. The molecule has 0 unspecified atom stereocenters. The minimum Gasteiger partial charge on any atom is -0.273 e. The molecule has 1 aromatic rings. The van der Waals surface area contributed by atoms with Crippen LogP contribution in [0.4, 0.5) is 0 Å². The SMILES string of the molecule is CCC(=CC(=O)NN1CCCCC1=O)c1cccc(Cl)c1. The van der Waals surface area contributed by atoms with Crippen molar-refractivity contribution in [3.8, 4) is 0 Å². The maximum atomic E-state index is 12.1. The summed E-state index contributed by atoms with van der Waals surface area (Å²) in [6.45, 7) is 2.56. The molecular weight excluding hydrogens is 288 g/mol. The van der Waals surface area contributed by atoms with E-state index < -0.39 is 0 Å². The van der Waals surface area contributed by atoms with Crippen LogP contribution >= 0.6 is 11.6 Å². The lowest BCUT2D eigenvalue weighted by atomic mass is 10.0. The molecule has 0 bridgehead atoms. The first-order valence-corrected chi connectivity index (χ1v) is 7.55. The first-order chi connectivity index (χ1) is 10.1. The fourth-order valence-corrected chi connectivity index (χ4v) is 2.52. The number of benzene rings is 1. The van der Waals surface area contributed by atoms with Crippen LogP contribution in [0.1, 0.15) is 38.2 Å². The van der Waals surface area contributed by atoms with Crippen LogP contribution in [0.5, 0.6) is 0 Å². The molecule has 1 aliphatic heterocycles. The predicted octanol–water partition coefficient (Wildman–Crippen LogP) is 3.18. The van der Waals surface area contributed by atoms with Gasteiger partial charge in [-0.05, 0) is 42.5 Å². The normalized spacial score (nSPS) is 16.0. The lowest BCUT2D eigenvalue weighted by Gasteiger charge is -2.26. The van der Waals surface area contributed by atoms with Gasteiger partial charge in [0.2, 0.25) is 5.91 Å². The number of carbonyl (C=O) groups excluding carboxylic acids is 2. The largest absolute Gasteiger partial charge is 0.273 e. The Kier molecular flexibility index (Phi) is 5.39. The summed E-state index contributed by atoms with van der Waals surface area (Å²) in [5.41, 5.74) is 4.46. The maximum absolute atomic E-state index is 12.1. The highest BCUT2D eigenvalue weighted by Gasteiger charge is 2.19. The third-order valence-electron chi connectivity index (χ3n) is 3.45. The Hall–Kier alpha value is -1.81. The van der Waals surface area contributed by atoms with Gasteiger partial charge in [-0.3, -0.25) is 20.0 Å². The van der Waals surface area contributed by atoms with Gasteiger partial charge in [-0.1, -0.05) is 30.7 Å². The van der Waals surface area contributed by atoms with Crippen molar-refractivity contribution in [2.75, 3.05) is 6.54 Å². The van der Waals surface area contributed by atoms with Crippen LogP contribution in [-0.4, -0.2) is 23.4 Å². The Bertz CT molecular complexity index is 569.